The van der Waals surface area contributed by atoms with Crippen LogP contribution >= 0.6 is 0 Å². The third kappa shape index (κ3) is 2.87. The summed E-state index contributed by atoms with van der Waals surface area (Å²) in [6.45, 7) is 2.13. The van der Waals surface area contributed by atoms with Crippen molar-refractivity contribution in [2.24, 2.45) is 0 Å². The predicted molar refractivity (Wildman–Crippen MR) is 118 cm³/mol. The van der Waals surface area contributed by atoms with Gasteiger partial charge in [0.05, 0.1) is 25.4 Å². The van der Waals surface area contributed by atoms with Gasteiger partial charge in [-0.15, -0.1) is 0 Å². The van der Waals surface area contributed by atoms with Crippen molar-refractivity contribution in [2.75, 3.05) is 14.2 Å². The summed E-state index contributed by atoms with van der Waals surface area (Å²) in [6, 6.07) is 23.1. The number of aromatic nitrogens is 1. The smallest absolute Gasteiger partial charge is 0.161 e. The average molecular weight is 379 g/mol. The van der Waals surface area contributed by atoms with Gasteiger partial charge < -0.3 is 9.47 Å². The Hall–Kier alpha value is -3.59. The summed E-state index contributed by atoms with van der Waals surface area (Å²) in [5.41, 5.74) is 9.12. The molecule has 3 heteroatoms. The minimum absolute atomic E-state index is 0.723. The first-order valence-electron chi connectivity index (χ1n) is 9.63. The number of methoxy groups -OCH3 is 2. The second kappa shape index (κ2) is 6.78. The van der Waals surface area contributed by atoms with E-state index in [2.05, 4.69) is 61.5 Å². The molecule has 0 fully saturated rings. The molecular weight excluding hydrogens is 358 g/mol. The first kappa shape index (κ1) is 17.5. The lowest BCUT2D eigenvalue weighted by Gasteiger charge is -2.09. The number of benzene rings is 3. The molecule has 1 aromatic heterocycles. The standard InChI is InChI=1S/C26H21NO2/c1-16-8-10-19-20(12-16)21(13-17-9-11-24(28-2)25(14-17)29-3)22-15-18-6-4-5-7-23(18)27-26(19)22/h4-15H,1-3H3. The zero-order valence-corrected chi connectivity index (χ0v) is 16.7. The van der Waals surface area contributed by atoms with Crippen LogP contribution in [0.25, 0.3) is 33.8 Å². The van der Waals surface area contributed by atoms with Gasteiger partial charge in [0, 0.05) is 16.5 Å². The Morgan fingerprint density at radius 3 is 2.41 bits per heavy atom. The molecule has 0 spiro atoms. The Labute approximate surface area is 170 Å². The molecule has 1 aliphatic rings. The molecule has 3 aromatic carbocycles. The lowest BCUT2D eigenvalue weighted by molar-refractivity contribution is 0.355. The van der Waals surface area contributed by atoms with Crippen LogP contribution in [0.15, 0.2) is 66.7 Å². The van der Waals surface area contributed by atoms with E-state index < -0.39 is 0 Å². The van der Waals surface area contributed by atoms with Crippen LogP contribution in [0, 0.1) is 6.92 Å². The van der Waals surface area contributed by atoms with Crippen LogP contribution in [-0.4, -0.2) is 19.2 Å². The molecule has 0 aliphatic heterocycles. The minimum Gasteiger partial charge on any atom is -0.493 e. The maximum absolute atomic E-state index is 5.49. The number of para-hydroxylation sites is 1. The van der Waals surface area contributed by atoms with E-state index in [0.29, 0.717) is 0 Å². The zero-order chi connectivity index (χ0) is 20.0. The fraction of sp³-hybridized carbons (Fsp3) is 0.115. The van der Waals surface area contributed by atoms with Crippen molar-refractivity contribution in [3.63, 3.8) is 0 Å². The summed E-state index contributed by atoms with van der Waals surface area (Å²) >= 11 is 0. The molecule has 29 heavy (non-hydrogen) atoms. The molecule has 0 saturated heterocycles. The molecule has 4 aromatic rings. The first-order chi connectivity index (χ1) is 14.2. The minimum atomic E-state index is 0.723. The van der Waals surface area contributed by atoms with Crippen LogP contribution in [0.5, 0.6) is 11.5 Å². The molecule has 1 aliphatic carbocycles. The van der Waals surface area contributed by atoms with Crippen molar-refractivity contribution in [1.29, 1.82) is 0 Å². The number of nitrogens with zero attached hydrogens (tertiary/aromatic N) is 1. The van der Waals surface area contributed by atoms with Crippen molar-refractivity contribution < 1.29 is 9.47 Å². The van der Waals surface area contributed by atoms with Crippen LogP contribution in [0.4, 0.5) is 0 Å². The molecule has 0 bridgehead atoms. The highest BCUT2D eigenvalue weighted by molar-refractivity contribution is 6.07. The molecule has 0 saturated carbocycles. The number of hydrogen-bond acceptors (Lipinski definition) is 3. The Morgan fingerprint density at radius 2 is 1.59 bits per heavy atom. The SMILES string of the molecule is COc1ccc(C=C2c3cc(C)ccc3-c3nc4ccccc4cc32)cc1OC. The van der Waals surface area contributed by atoms with Crippen LogP contribution in [0.3, 0.4) is 0 Å². The normalized spacial score (nSPS) is 13.4. The second-order valence-electron chi connectivity index (χ2n) is 7.30. The van der Waals surface area contributed by atoms with Gasteiger partial charge in [0.25, 0.3) is 0 Å². The predicted octanol–water partition coefficient (Wildman–Crippen LogP) is 6.13. The van der Waals surface area contributed by atoms with E-state index in [1.165, 1.54) is 27.8 Å². The van der Waals surface area contributed by atoms with Crippen molar-refractivity contribution in [2.45, 2.75) is 6.92 Å². The second-order valence-corrected chi connectivity index (χ2v) is 7.30. The molecular formula is C26H21NO2. The van der Waals surface area contributed by atoms with E-state index in [1.807, 2.05) is 18.2 Å². The fourth-order valence-corrected chi connectivity index (χ4v) is 4.02. The summed E-state index contributed by atoms with van der Waals surface area (Å²) in [5, 5.41) is 1.15. The van der Waals surface area contributed by atoms with Crippen molar-refractivity contribution >= 4 is 22.6 Å². The number of aryl methyl sites for hydroxylation is 1. The highest BCUT2D eigenvalue weighted by Crippen LogP contribution is 2.45. The Morgan fingerprint density at radius 1 is 0.759 bits per heavy atom. The maximum atomic E-state index is 5.49. The van der Waals surface area contributed by atoms with Gasteiger partial charge in [-0.05, 0) is 54.0 Å². The summed E-state index contributed by atoms with van der Waals surface area (Å²) in [7, 11) is 3.31. The number of rotatable bonds is 3. The number of fused-ring (bicyclic) bond motifs is 4. The topological polar surface area (TPSA) is 31.4 Å². The molecule has 3 nitrogen and oxygen atoms in total. The number of hydrogen-bond donors (Lipinski definition) is 0. The van der Waals surface area contributed by atoms with Crippen molar-refractivity contribution in [3.8, 4) is 22.8 Å². The lowest BCUT2D eigenvalue weighted by Crippen LogP contribution is -1.91. The Bertz CT molecular complexity index is 1290. The highest BCUT2D eigenvalue weighted by atomic mass is 16.5. The highest BCUT2D eigenvalue weighted by Gasteiger charge is 2.25. The fourth-order valence-electron chi connectivity index (χ4n) is 4.02. The molecule has 142 valence electrons. The molecule has 1 heterocycles. The van der Waals surface area contributed by atoms with Crippen LogP contribution in [0.1, 0.15) is 22.3 Å². The van der Waals surface area contributed by atoms with Gasteiger partial charge in [-0.3, -0.25) is 0 Å². The molecule has 0 amide bonds. The van der Waals surface area contributed by atoms with Crippen LogP contribution in [0.2, 0.25) is 0 Å². The molecule has 0 atom stereocenters. The summed E-state index contributed by atoms with van der Waals surface area (Å²) < 4.78 is 10.9. The Balaban J connectivity index is 1.76. The molecule has 0 N–H and O–H groups in total. The van der Waals surface area contributed by atoms with Gasteiger partial charge in [0.15, 0.2) is 11.5 Å². The zero-order valence-electron chi connectivity index (χ0n) is 16.7. The largest absolute Gasteiger partial charge is 0.493 e. The monoisotopic (exact) mass is 379 g/mol. The van der Waals surface area contributed by atoms with Gasteiger partial charge in [-0.1, -0.05) is 48.0 Å². The van der Waals surface area contributed by atoms with Crippen molar-refractivity contribution in [3.05, 3.63) is 89.0 Å². The van der Waals surface area contributed by atoms with E-state index in [1.54, 1.807) is 14.2 Å². The summed E-state index contributed by atoms with van der Waals surface area (Å²) in [5.74, 6) is 1.45. The lowest BCUT2D eigenvalue weighted by atomic mass is 9.99. The van der Waals surface area contributed by atoms with Crippen LogP contribution in [-0.2, 0) is 0 Å². The quantitative estimate of drug-likeness (QED) is 0.378. The Kier molecular flexibility index (Phi) is 4.09. The average Bonchev–Trinajstić information content (AvgIpc) is 3.04. The van der Waals surface area contributed by atoms with E-state index in [-0.39, 0.29) is 0 Å². The summed E-state index contributed by atoms with van der Waals surface area (Å²) in [4.78, 5) is 4.99. The number of ether oxygens (including phenoxy) is 2. The third-order valence-electron chi connectivity index (χ3n) is 5.45. The van der Waals surface area contributed by atoms with E-state index >= 15 is 0 Å². The summed E-state index contributed by atoms with van der Waals surface area (Å²) in [6.07, 6.45) is 2.21. The van der Waals surface area contributed by atoms with Gasteiger partial charge in [0.1, 0.15) is 0 Å². The van der Waals surface area contributed by atoms with Crippen LogP contribution < -0.4 is 9.47 Å². The van der Waals surface area contributed by atoms with Gasteiger partial charge in [-0.2, -0.15) is 0 Å². The maximum Gasteiger partial charge on any atom is 0.161 e. The van der Waals surface area contributed by atoms with E-state index in [0.717, 1.165) is 33.7 Å². The van der Waals surface area contributed by atoms with Gasteiger partial charge >= 0.3 is 0 Å². The first-order valence-corrected chi connectivity index (χ1v) is 9.63. The number of pyridine rings is 1. The van der Waals surface area contributed by atoms with Gasteiger partial charge in [-0.25, -0.2) is 4.98 Å². The van der Waals surface area contributed by atoms with E-state index in [9.17, 15) is 0 Å². The van der Waals surface area contributed by atoms with E-state index in [4.69, 9.17) is 14.5 Å². The van der Waals surface area contributed by atoms with Crippen molar-refractivity contribution in [1.82, 2.24) is 4.98 Å². The third-order valence-corrected chi connectivity index (χ3v) is 5.45. The molecule has 0 unspecified atom stereocenters. The van der Waals surface area contributed by atoms with Gasteiger partial charge in [0.2, 0.25) is 0 Å². The molecule has 5 rings (SSSR count). The molecule has 0 radical (unpaired) electrons.